The number of amides is 2. The normalized spacial score (nSPS) is 22.4. The summed E-state index contributed by atoms with van der Waals surface area (Å²) >= 11 is 0. The first-order chi connectivity index (χ1) is 12.5. The summed E-state index contributed by atoms with van der Waals surface area (Å²) in [6.45, 7) is 5.60. The number of piperidine rings is 1. The van der Waals surface area contributed by atoms with Crippen LogP contribution in [0, 0.1) is 12.8 Å². The molecular formula is C20H24N4O2. The van der Waals surface area contributed by atoms with Crippen LogP contribution in [0.5, 0.6) is 0 Å². The first kappa shape index (κ1) is 16.8. The number of imidazole rings is 1. The number of benzene rings is 1. The Bertz CT molecular complexity index is 830. The lowest BCUT2D eigenvalue weighted by atomic mass is 9.94. The van der Waals surface area contributed by atoms with Gasteiger partial charge in [-0.05, 0) is 25.7 Å². The van der Waals surface area contributed by atoms with Crippen LogP contribution in [-0.4, -0.2) is 57.3 Å². The summed E-state index contributed by atoms with van der Waals surface area (Å²) in [5, 5.41) is 0. The van der Waals surface area contributed by atoms with Crippen molar-refractivity contribution >= 4 is 11.8 Å². The van der Waals surface area contributed by atoms with Crippen LogP contribution in [0.4, 0.5) is 0 Å². The van der Waals surface area contributed by atoms with Gasteiger partial charge in [0.05, 0.1) is 0 Å². The molecule has 0 aliphatic carbocycles. The Labute approximate surface area is 153 Å². The molecule has 0 radical (unpaired) electrons. The monoisotopic (exact) mass is 352 g/mol. The zero-order valence-electron chi connectivity index (χ0n) is 15.2. The number of fused-ring (bicyclic) bond motifs is 4. The van der Waals surface area contributed by atoms with Crippen LogP contribution in [-0.2, 0) is 4.79 Å². The lowest BCUT2D eigenvalue weighted by molar-refractivity contribution is -0.129. The smallest absolute Gasteiger partial charge is 0.274 e. The zero-order valence-corrected chi connectivity index (χ0v) is 15.2. The number of nitrogens with zero attached hydrogens (tertiary/aromatic N) is 3. The Kier molecular flexibility index (Phi) is 4.26. The van der Waals surface area contributed by atoms with Gasteiger partial charge >= 0.3 is 0 Å². The van der Waals surface area contributed by atoms with Gasteiger partial charge in [-0.25, -0.2) is 4.98 Å². The van der Waals surface area contributed by atoms with Gasteiger partial charge in [-0.3, -0.25) is 9.59 Å². The van der Waals surface area contributed by atoms with Crippen LogP contribution < -0.4 is 0 Å². The highest BCUT2D eigenvalue weighted by atomic mass is 16.2. The van der Waals surface area contributed by atoms with Gasteiger partial charge in [-0.2, -0.15) is 0 Å². The average molecular weight is 352 g/mol. The number of carbonyl (C=O) groups excluding carboxylic acids is 2. The topological polar surface area (TPSA) is 69.3 Å². The number of rotatable bonds is 2. The molecule has 4 heterocycles. The molecule has 26 heavy (non-hydrogen) atoms. The highest BCUT2D eigenvalue weighted by molar-refractivity contribution is 5.94. The SMILES string of the molecule is CC(=O)N1C[C@H]2CC[C@@H](C1)N(C(=O)c1nc(-c3ccccc3)[nH]c1C)C2. The Hall–Kier alpha value is -2.63. The molecule has 3 aliphatic rings. The van der Waals surface area contributed by atoms with Gasteiger partial charge in [0.15, 0.2) is 0 Å². The highest BCUT2D eigenvalue weighted by Crippen LogP contribution is 2.30. The Morgan fingerprint density at radius 3 is 2.62 bits per heavy atom. The quantitative estimate of drug-likeness (QED) is 0.903. The molecule has 6 heteroatoms. The molecule has 3 fully saturated rings. The predicted octanol–water partition coefficient (Wildman–Crippen LogP) is 2.47. The maximum atomic E-state index is 13.2. The van der Waals surface area contributed by atoms with E-state index in [2.05, 4.69) is 9.97 Å². The van der Waals surface area contributed by atoms with Crippen LogP contribution >= 0.6 is 0 Å². The van der Waals surface area contributed by atoms with Crippen molar-refractivity contribution in [1.29, 1.82) is 0 Å². The molecule has 2 atom stereocenters. The fourth-order valence-corrected chi connectivity index (χ4v) is 4.13. The lowest BCUT2D eigenvalue weighted by Crippen LogP contribution is -2.47. The minimum atomic E-state index is -0.0268. The summed E-state index contributed by atoms with van der Waals surface area (Å²) in [5.41, 5.74) is 2.25. The second-order valence-corrected chi connectivity index (χ2v) is 7.40. The van der Waals surface area contributed by atoms with E-state index < -0.39 is 0 Å². The van der Waals surface area contributed by atoms with Crippen molar-refractivity contribution in [2.24, 2.45) is 5.92 Å². The molecule has 6 nitrogen and oxygen atoms in total. The van der Waals surface area contributed by atoms with Gasteiger partial charge in [0.25, 0.3) is 5.91 Å². The molecule has 1 N–H and O–H groups in total. The van der Waals surface area contributed by atoms with E-state index >= 15 is 0 Å². The number of hydrogen-bond acceptors (Lipinski definition) is 3. The molecule has 1 aromatic heterocycles. The van der Waals surface area contributed by atoms with E-state index in [0.717, 1.165) is 36.5 Å². The molecule has 1 aromatic carbocycles. The van der Waals surface area contributed by atoms with Gasteiger partial charge in [0, 0.05) is 43.9 Å². The molecule has 3 aliphatic heterocycles. The molecule has 2 aromatic rings. The summed E-state index contributed by atoms with van der Waals surface area (Å²) in [5.74, 6) is 1.14. The number of H-pyrrole nitrogens is 1. The molecule has 2 bridgehead atoms. The molecule has 136 valence electrons. The van der Waals surface area contributed by atoms with Gasteiger partial charge in [-0.1, -0.05) is 30.3 Å². The van der Waals surface area contributed by atoms with E-state index in [-0.39, 0.29) is 17.9 Å². The van der Waals surface area contributed by atoms with Crippen molar-refractivity contribution in [3.05, 3.63) is 41.7 Å². The second-order valence-electron chi connectivity index (χ2n) is 7.40. The van der Waals surface area contributed by atoms with Crippen LogP contribution in [0.1, 0.15) is 35.9 Å². The third kappa shape index (κ3) is 3.00. The number of hydrogen-bond donors (Lipinski definition) is 1. The van der Waals surface area contributed by atoms with Crippen LogP contribution in [0.15, 0.2) is 30.3 Å². The van der Waals surface area contributed by atoms with Crippen LogP contribution in [0.2, 0.25) is 0 Å². The summed E-state index contributed by atoms with van der Waals surface area (Å²) in [6, 6.07) is 9.91. The van der Waals surface area contributed by atoms with Crippen molar-refractivity contribution in [3.8, 4) is 11.4 Å². The lowest BCUT2D eigenvalue weighted by Gasteiger charge is -2.35. The minimum Gasteiger partial charge on any atom is -0.341 e. The van der Waals surface area contributed by atoms with Crippen LogP contribution in [0.3, 0.4) is 0 Å². The molecule has 3 saturated heterocycles. The first-order valence-electron chi connectivity index (χ1n) is 9.21. The van der Waals surface area contributed by atoms with E-state index in [1.807, 2.05) is 47.1 Å². The maximum absolute atomic E-state index is 13.2. The fraction of sp³-hybridized carbons (Fsp3) is 0.450. The zero-order chi connectivity index (χ0) is 18.3. The van der Waals surface area contributed by atoms with Crippen LogP contribution in [0.25, 0.3) is 11.4 Å². The molecule has 0 spiro atoms. The maximum Gasteiger partial charge on any atom is 0.274 e. The summed E-state index contributed by atoms with van der Waals surface area (Å²) in [4.78, 5) is 36.7. The van der Waals surface area contributed by atoms with E-state index in [0.29, 0.717) is 24.7 Å². The summed E-state index contributed by atoms with van der Waals surface area (Å²) in [6.07, 6.45) is 2.03. The highest BCUT2D eigenvalue weighted by Gasteiger charge is 2.39. The van der Waals surface area contributed by atoms with Gasteiger partial charge in [0.1, 0.15) is 11.5 Å². The number of aromatic nitrogens is 2. The van der Waals surface area contributed by atoms with Crippen molar-refractivity contribution in [1.82, 2.24) is 19.8 Å². The predicted molar refractivity (Wildman–Crippen MR) is 98.6 cm³/mol. The van der Waals surface area contributed by atoms with Gasteiger partial charge < -0.3 is 14.8 Å². The van der Waals surface area contributed by atoms with E-state index in [1.165, 1.54) is 0 Å². The fourth-order valence-electron chi connectivity index (χ4n) is 4.13. The van der Waals surface area contributed by atoms with E-state index in [1.54, 1.807) is 6.92 Å². The average Bonchev–Trinajstić information content (AvgIpc) is 2.82. The molecule has 2 amide bonds. The molecular weight excluding hydrogens is 328 g/mol. The number of aryl methyl sites for hydroxylation is 1. The van der Waals surface area contributed by atoms with Crippen molar-refractivity contribution in [3.63, 3.8) is 0 Å². The van der Waals surface area contributed by atoms with Gasteiger partial charge in [0.2, 0.25) is 5.91 Å². The van der Waals surface area contributed by atoms with Crippen molar-refractivity contribution in [2.45, 2.75) is 32.7 Å². The Balaban J connectivity index is 1.60. The first-order valence-corrected chi connectivity index (χ1v) is 9.21. The molecule has 0 saturated carbocycles. The summed E-state index contributed by atoms with van der Waals surface area (Å²) in [7, 11) is 0. The summed E-state index contributed by atoms with van der Waals surface area (Å²) < 4.78 is 0. The third-order valence-electron chi connectivity index (χ3n) is 5.55. The van der Waals surface area contributed by atoms with E-state index in [4.69, 9.17) is 0 Å². The van der Waals surface area contributed by atoms with Crippen molar-refractivity contribution < 1.29 is 9.59 Å². The third-order valence-corrected chi connectivity index (χ3v) is 5.55. The number of nitrogens with one attached hydrogen (secondary N) is 1. The second kappa shape index (κ2) is 6.59. The standard InChI is InChI=1S/C20H24N4O2/c1-13-18(22-19(21-13)16-6-4-3-5-7-16)20(26)24-11-15-8-9-17(24)12-23(10-15)14(2)25/h3-7,15,17H,8-12H2,1-2H3,(H,21,22)/t15-,17+/m1/s1. The van der Waals surface area contributed by atoms with Crippen molar-refractivity contribution in [2.75, 3.05) is 19.6 Å². The number of carbonyl (C=O) groups is 2. The Morgan fingerprint density at radius 1 is 1.12 bits per heavy atom. The molecule has 5 rings (SSSR count). The van der Waals surface area contributed by atoms with E-state index in [9.17, 15) is 9.59 Å². The Morgan fingerprint density at radius 2 is 1.88 bits per heavy atom. The van der Waals surface area contributed by atoms with Gasteiger partial charge in [-0.15, -0.1) is 0 Å². The minimum absolute atomic E-state index is 0.0268. The largest absolute Gasteiger partial charge is 0.341 e. The number of aromatic amines is 1. The molecule has 0 unspecified atom stereocenters.